The first-order valence-corrected chi connectivity index (χ1v) is 11.6. The van der Waals surface area contributed by atoms with Gasteiger partial charge in [-0.3, -0.25) is 13.9 Å². The maximum atomic E-state index is 13.6. The number of fused-ring (bicyclic) bond motifs is 3. The van der Waals surface area contributed by atoms with E-state index >= 15 is 0 Å². The molecule has 1 aliphatic rings. The van der Waals surface area contributed by atoms with Crippen molar-refractivity contribution in [2.24, 2.45) is 13.0 Å². The van der Waals surface area contributed by atoms with Crippen LogP contribution in [0.5, 0.6) is 0 Å². The highest BCUT2D eigenvalue weighted by molar-refractivity contribution is 5.77. The van der Waals surface area contributed by atoms with Gasteiger partial charge in [0, 0.05) is 32.4 Å². The summed E-state index contributed by atoms with van der Waals surface area (Å²) in [6.45, 7) is 8.02. The van der Waals surface area contributed by atoms with Gasteiger partial charge in [0.1, 0.15) is 0 Å². The maximum absolute atomic E-state index is 13.6. The number of benzene rings is 2. The van der Waals surface area contributed by atoms with Crippen LogP contribution < -0.4 is 16.1 Å². The zero-order chi connectivity index (χ0) is 24.0. The predicted octanol–water partition coefficient (Wildman–Crippen LogP) is 4.01. The molecule has 7 heteroatoms. The summed E-state index contributed by atoms with van der Waals surface area (Å²) in [7, 11) is 1.69. The lowest BCUT2D eigenvalue weighted by atomic mass is 10.1. The predicted molar refractivity (Wildman–Crippen MR) is 137 cm³/mol. The molecule has 2 aromatic carbocycles. The van der Waals surface area contributed by atoms with Crippen molar-refractivity contribution in [3.8, 4) is 0 Å². The molecule has 5 rings (SSSR count). The molecule has 1 aliphatic heterocycles. The van der Waals surface area contributed by atoms with E-state index in [4.69, 9.17) is 4.98 Å². The number of aryl methyl sites for hydroxylation is 3. The Labute approximate surface area is 198 Å². The Morgan fingerprint density at radius 2 is 1.74 bits per heavy atom. The molecule has 2 aromatic heterocycles. The van der Waals surface area contributed by atoms with E-state index in [0.29, 0.717) is 29.6 Å². The molecule has 0 aliphatic carbocycles. The van der Waals surface area contributed by atoms with E-state index < -0.39 is 0 Å². The van der Waals surface area contributed by atoms with Crippen LogP contribution in [0.2, 0.25) is 0 Å². The molecule has 0 N–H and O–H groups in total. The van der Waals surface area contributed by atoms with Gasteiger partial charge < -0.3 is 9.47 Å². The third-order valence-corrected chi connectivity index (χ3v) is 6.36. The van der Waals surface area contributed by atoms with Gasteiger partial charge in [-0.2, -0.15) is 4.98 Å². The van der Waals surface area contributed by atoms with Crippen molar-refractivity contribution in [3.63, 3.8) is 0 Å². The van der Waals surface area contributed by atoms with Crippen LogP contribution >= 0.6 is 0 Å². The minimum atomic E-state index is -0.364. The van der Waals surface area contributed by atoms with Crippen molar-refractivity contribution in [1.29, 1.82) is 0 Å². The fraction of sp³-hybridized carbons (Fsp3) is 0.296. The van der Waals surface area contributed by atoms with Crippen LogP contribution in [0.3, 0.4) is 0 Å². The third-order valence-electron chi connectivity index (χ3n) is 6.36. The topological polar surface area (TPSA) is 65.1 Å². The monoisotopic (exact) mass is 455 g/mol. The van der Waals surface area contributed by atoms with Crippen LogP contribution in [0.15, 0.2) is 64.2 Å². The number of hydrogen-bond acceptors (Lipinski definition) is 4. The van der Waals surface area contributed by atoms with Gasteiger partial charge in [-0.05, 0) is 48.6 Å². The number of allylic oxidation sites excluding steroid dienone is 1. The summed E-state index contributed by atoms with van der Waals surface area (Å²) in [5.74, 6) is 1.02. The zero-order valence-electron chi connectivity index (χ0n) is 20.0. The minimum Gasteiger partial charge on any atom is -0.312 e. The first kappa shape index (κ1) is 21.9. The molecule has 0 bridgehead atoms. The fourth-order valence-electron chi connectivity index (χ4n) is 4.85. The van der Waals surface area contributed by atoms with E-state index in [2.05, 4.69) is 43.9 Å². The number of rotatable bonds is 4. The smallest absolute Gasteiger partial charge is 0.312 e. The molecule has 0 unspecified atom stereocenters. The second-order valence-electron chi connectivity index (χ2n) is 9.33. The average Bonchev–Trinajstić information content (AvgIpc) is 3.19. The van der Waals surface area contributed by atoms with Gasteiger partial charge in [-0.25, -0.2) is 4.79 Å². The Kier molecular flexibility index (Phi) is 5.48. The lowest BCUT2D eigenvalue weighted by molar-refractivity contribution is 0.458. The third kappa shape index (κ3) is 3.77. The van der Waals surface area contributed by atoms with E-state index in [1.54, 1.807) is 7.05 Å². The van der Waals surface area contributed by atoms with Gasteiger partial charge in [0.15, 0.2) is 11.2 Å². The van der Waals surface area contributed by atoms with E-state index in [-0.39, 0.29) is 17.8 Å². The molecule has 0 saturated carbocycles. The van der Waals surface area contributed by atoms with Gasteiger partial charge in [0.05, 0.1) is 0 Å². The minimum absolute atomic E-state index is 0.202. The van der Waals surface area contributed by atoms with E-state index in [1.807, 2.05) is 47.1 Å². The molecule has 7 nitrogen and oxygen atoms in total. The van der Waals surface area contributed by atoms with Crippen LogP contribution in [0.1, 0.15) is 23.6 Å². The number of hydrogen-bond donors (Lipinski definition) is 0. The average molecular weight is 456 g/mol. The first-order chi connectivity index (χ1) is 16.3. The summed E-state index contributed by atoms with van der Waals surface area (Å²) in [5, 5.41) is 0. The largest absolute Gasteiger partial charge is 0.332 e. The summed E-state index contributed by atoms with van der Waals surface area (Å²) >= 11 is 0. The van der Waals surface area contributed by atoms with Gasteiger partial charge in [0.2, 0.25) is 5.95 Å². The van der Waals surface area contributed by atoms with E-state index in [1.165, 1.54) is 20.3 Å². The molecule has 4 aromatic rings. The molecule has 0 fully saturated rings. The molecular formula is C27H29N5O2. The Balaban J connectivity index is 1.64. The second-order valence-corrected chi connectivity index (χ2v) is 9.33. The van der Waals surface area contributed by atoms with Gasteiger partial charge >= 0.3 is 5.69 Å². The molecule has 0 amide bonds. The Morgan fingerprint density at radius 1 is 1.03 bits per heavy atom. The van der Waals surface area contributed by atoms with Crippen LogP contribution in [0, 0.1) is 19.8 Å². The van der Waals surface area contributed by atoms with Crippen molar-refractivity contribution in [2.75, 3.05) is 11.4 Å². The van der Waals surface area contributed by atoms with Crippen molar-refractivity contribution in [2.45, 2.75) is 33.9 Å². The van der Waals surface area contributed by atoms with Crippen molar-refractivity contribution < 1.29 is 0 Å². The van der Waals surface area contributed by atoms with E-state index in [9.17, 15) is 9.59 Å². The van der Waals surface area contributed by atoms with Crippen LogP contribution in [-0.4, -0.2) is 25.2 Å². The quantitative estimate of drug-likeness (QED) is 0.466. The molecule has 0 radical (unpaired) electrons. The van der Waals surface area contributed by atoms with Crippen molar-refractivity contribution in [1.82, 2.24) is 18.7 Å². The molecule has 0 spiro atoms. The lowest BCUT2D eigenvalue weighted by Gasteiger charge is -2.33. The molecular weight excluding hydrogens is 426 g/mol. The standard InChI is InChI=1S/C27H29N5O2/c1-18-13-19(2)15-22(14-18)31-16-20(3)17-32-23-24(28-26(31)32)29(4)27(34)30(25(23)33)12-8-11-21-9-6-5-7-10-21/h5-11,13-15,20H,12,16-17H2,1-4H3/b11-8-/t20-/m0/s1. The van der Waals surface area contributed by atoms with Crippen LogP contribution in [0.25, 0.3) is 17.2 Å². The SMILES string of the molecule is Cc1cc(C)cc(N2C[C@H](C)Cn3c2nc2c3c(=O)n(C/C=C\c3ccccc3)c(=O)n2C)c1. The van der Waals surface area contributed by atoms with Crippen molar-refractivity contribution in [3.05, 3.63) is 92.1 Å². The lowest BCUT2D eigenvalue weighted by Crippen LogP contribution is -2.40. The normalized spacial score (nSPS) is 15.9. The molecule has 3 heterocycles. The summed E-state index contributed by atoms with van der Waals surface area (Å²) in [6, 6.07) is 16.3. The van der Waals surface area contributed by atoms with E-state index in [0.717, 1.165) is 17.8 Å². The van der Waals surface area contributed by atoms with Crippen LogP contribution in [-0.2, 0) is 20.1 Å². The molecule has 1 atom stereocenters. The number of nitrogens with zero attached hydrogens (tertiary/aromatic N) is 5. The summed E-state index contributed by atoms with van der Waals surface area (Å²) in [4.78, 5) is 33.6. The first-order valence-electron chi connectivity index (χ1n) is 11.6. The molecule has 174 valence electrons. The van der Waals surface area contributed by atoms with Crippen molar-refractivity contribution >= 4 is 28.9 Å². The highest BCUT2D eigenvalue weighted by atomic mass is 16.2. The van der Waals surface area contributed by atoms with Crippen LogP contribution in [0.4, 0.5) is 11.6 Å². The van der Waals surface area contributed by atoms with Gasteiger partial charge in [0.25, 0.3) is 5.56 Å². The summed E-state index contributed by atoms with van der Waals surface area (Å²) in [6.07, 6.45) is 3.77. The van der Waals surface area contributed by atoms with Gasteiger partial charge in [-0.1, -0.05) is 55.5 Å². The number of aromatic nitrogens is 4. The summed E-state index contributed by atoms with van der Waals surface area (Å²) in [5.41, 5.74) is 4.67. The highest BCUT2D eigenvalue weighted by Gasteiger charge is 2.29. The number of imidazole rings is 1. The highest BCUT2D eigenvalue weighted by Crippen LogP contribution is 2.33. The number of anilines is 2. The Morgan fingerprint density at radius 3 is 2.44 bits per heavy atom. The zero-order valence-corrected chi connectivity index (χ0v) is 20.0. The second kappa shape index (κ2) is 8.48. The van der Waals surface area contributed by atoms with Gasteiger partial charge in [-0.15, -0.1) is 0 Å². The summed E-state index contributed by atoms with van der Waals surface area (Å²) < 4.78 is 4.76. The Hall–Kier alpha value is -3.87. The molecule has 34 heavy (non-hydrogen) atoms. The molecule has 0 saturated heterocycles. The Bertz CT molecular complexity index is 1500. The maximum Gasteiger partial charge on any atom is 0.332 e. The fourth-order valence-corrected chi connectivity index (χ4v) is 4.85.